The van der Waals surface area contributed by atoms with E-state index in [2.05, 4.69) is 0 Å². The molecule has 0 saturated heterocycles. The largest absolute Gasteiger partial charge is 0.507 e. The average Bonchev–Trinajstić information content (AvgIpc) is 2.86. The number of carbonyl (C=O) groups excluding carboxylic acids is 1. The third-order valence-electron chi connectivity index (χ3n) is 2.39. The Morgan fingerprint density at radius 3 is 2.67 bits per heavy atom. The standard InChI is InChI=1S/C14H9ClO4S2/c15-8-2-1-3-9(6-8)21-14-10(4-5-20-14)11(16)7-12(17)13(18)19/h1-7,16H,(H,18,19)/b11-7-. The summed E-state index contributed by atoms with van der Waals surface area (Å²) in [6.07, 6.45) is 0.701. The van der Waals surface area contributed by atoms with Gasteiger partial charge in [-0.25, -0.2) is 4.79 Å². The van der Waals surface area contributed by atoms with E-state index in [1.807, 2.05) is 12.1 Å². The summed E-state index contributed by atoms with van der Waals surface area (Å²) >= 11 is 8.66. The lowest BCUT2D eigenvalue weighted by Gasteiger charge is -2.03. The average molecular weight is 341 g/mol. The molecule has 0 aliphatic carbocycles. The second-order valence-electron chi connectivity index (χ2n) is 3.88. The molecule has 0 amide bonds. The van der Waals surface area contributed by atoms with Gasteiger partial charge < -0.3 is 10.2 Å². The first-order chi connectivity index (χ1) is 9.97. The van der Waals surface area contributed by atoms with Crippen molar-refractivity contribution in [1.29, 1.82) is 0 Å². The summed E-state index contributed by atoms with van der Waals surface area (Å²) in [5.74, 6) is -3.15. The van der Waals surface area contributed by atoms with Gasteiger partial charge in [-0.05, 0) is 29.6 Å². The number of carbonyl (C=O) groups is 2. The Labute approximate surface area is 133 Å². The number of aliphatic carboxylic acids is 1. The van der Waals surface area contributed by atoms with E-state index in [1.54, 1.807) is 23.6 Å². The number of rotatable bonds is 5. The van der Waals surface area contributed by atoms with Crippen LogP contribution in [0.2, 0.25) is 5.02 Å². The van der Waals surface area contributed by atoms with Crippen molar-refractivity contribution in [1.82, 2.24) is 0 Å². The predicted octanol–water partition coefficient (Wildman–Crippen LogP) is 4.11. The van der Waals surface area contributed by atoms with Crippen LogP contribution in [-0.4, -0.2) is 22.0 Å². The lowest BCUT2D eigenvalue weighted by Crippen LogP contribution is -2.09. The van der Waals surface area contributed by atoms with Crippen LogP contribution in [0.15, 0.2) is 50.9 Å². The third kappa shape index (κ3) is 4.10. The smallest absolute Gasteiger partial charge is 0.376 e. The molecule has 0 saturated carbocycles. The molecule has 2 aromatic rings. The maximum atomic E-state index is 11.1. The topological polar surface area (TPSA) is 74.6 Å². The number of carboxylic acid groups (broad SMARTS) is 1. The molecule has 0 bridgehead atoms. The normalized spacial score (nSPS) is 11.4. The van der Waals surface area contributed by atoms with E-state index in [0.717, 1.165) is 9.10 Å². The van der Waals surface area contributed by atoms with Crippen molar-refractivity contribution in [3.63, 3.8) is 0 Å². The van der Waals surface area contributed by atoms with Gasteiger partial charge in [-0.3, -0.25) is 4.79 Å². The van der Waals surface area contributed by atoms with Gasteiger partial charge in [0.25, 0.3) is 5.78 Å². The zero-order valence-corrected chi connectivity index (χ0v) is 12.8. The zero-order chi connectivity index (χ0) is 15.4. The van der Waals surface area contributed by atoms with E-state index in [-0.39, 0.29) is 5.76 Å². The van der Waals surface area contributed by atoms with Gasteiger partial charge in [0.1, 0.15) is 5.76 Å². The van der Waals surface area contributed by atoms with E-state index < -0.39 is 11.8 Å². The SMILES string of the molecule is O=C(O)C(=O)/C=C(\O)c1ccsc1Sc1cccc(Cl)c1. The molecule has 1 aromatic heterocycles. The van der Waals surface area contributed by atoms with Crippen molar-refractivity contribution >= 4 is 52.2 Å². The Morgan fingerprint density at radius 1 is 1.24 bits per heavy atom. The van der Waals surface area contributed by atoms with Crippen LogP contribution < -0.4 is 0 Å². The second-order valence-corrected chi connectivity index (χ2v) is 6.57. The molecule has 0 atom stereocenters. The molecule has 1 heterocycles. The Bertz CT molecular complexity index is 721. The van der Waals surface area contributed by atoms with Crippen molar-refractivity contribution in [2.45, 2.75) is 9.10 Å². The monoisotopic (exact) mass is 340 g/mol. The number of aliphatic hydroxyl groups is 1. The van der Waals surface area contributed by atoms with Crippen molar-refractivity contribution in [2.75, 3.05) is 0 Å². The van der Waals surface area contributed by atoms with E-state index in [0.29, 0.717) is 16.7 Å². The van der Waals surface area contributed by atoms with Crippen LogP contribution in [0.25, 0.3) is 5.76 Å². The molecule has 21 heavy (non-hydrogen) atoms. The first-order valence-electron chi connectivity index (χ1n) is 5.66. The van der Waals surface area contributed by atoms with Crippen LogP contribution in [0.5, 0.6) is 0 Å². The fourth-order valence-corrected chi connectivity index (χ4v) is 3.82. The number of hydrogen-bond acceptors (Lipinski definition) is 5. The highest BCUT2D eigenvalue weighted by Crippen LogP contribution is 2.37. The van der Waals surface area contributed by atoms with Gasteiger partial charge in [0.2, 0.25) is 0 Å². The molecule has 0 fully saturated rings. The Kier molecular flexibility index (Phi) is 5.06. The predicted molar refractivity (Wildman–Crippen MR) is 83.1 cm³/mol. The molecule has 0 radical (unpaired) electrons. The Balaban J connectivity index is 2.26. The highest BCUT2D eigenvalue weighted by atomic mass is 35.5. The van der Waals surface area contributed by atoms with Gasteiger partial charge >= 0.3 is 5.97 Å². The van der Waals surface area contributed by atoms with Crippen LogP contribution in [0.3, 0.4) is 0 Å². The number of benzene rings is 1. The van der Waals surface area contributed by atoms with Gasteiger partial charge in [0.05, 0.1) is 4.21 Å². The number of aliphatic hydroxyl groups excluding tert-OH is 1. The van der Waals surface area contributed by atoms with Gasteiger partial charge in [-0.2, -0.15) is 0 Å². The summed E-state index contributed by atoms with van der Waals surface area (Å²) < 4.78 is 0.740. The number of carboxylic acids is 1. The summed E-state index contributed by atoms with van der Waals surface area (Å²) in [7, 11) is 0. The van der Waals surface area contributed by atoms with Gasteiger partial charge in [-0.1, -0.05) is 29.4 Å². The maximum Gasteiger partial charge on any atom is 0.376 e. The highest BCUT2D eigenvalue weighted by molar-refractivity contribution is 8.01. The zero-order valence-electron chi connectivity index (χ0n) is 10.4. The summed E-state index contributed by atoms with van der Waals surface area (Å²) in [6.45, 7) is 0. The molecule has 1 aromatic carbocycles. The minimum absolute atomic E-state index is 0.367. The van der Waals surface area contributed by atoms with Gasteiger partial charge in [0.15, 0.2) is 0 Å². The molecule has 108 valence electrons. The molecule has 0 aliphatic heterocycles. The summed E-state index contributed by atoms with van der Waals surface area (Å²) in [5.41, 5.74) is 0.416. The van der Waals surface area contributed by atoms with E-state index in [1.165, 1.54) is 23.1 Å². The molecule has 2 rings (SSSR count). The molecule has 4 nitrogen and oxygen atoms in total. The molecular weight excluding hydrogens is 332 g/mol. The molecule has 0 unspecified atom stereocenters. The van der Waals surface area contributed by atoms with E-state index >= 15 is 0 Å². The maximum absolute atomic E-state index is 11.1. The number of ketones is 1. The quantitative estimate of drug-likeness (QED) is 0.487. The minimum Gasteiger partial charge on any atom is -0.507 e. The molecule has 2 N–H and O–H groups in total. The first kappa shape index (κ1) is 15.6. The lowest BCUT2D eigenvalue weighted by atomic mass is 10.2. The van der Waals surface area contributed by atoms with Crippen LogP contribution >= 0.6 is 34.7 Å². The van der Waals surface area contributed by atoms with Crippen molar-refractivity contribution < 1.29 is 19.8 Å². The fraction of sp³-hybridized carbons (Fsp3) is 0. The Morgan fingerprint density at radius 2 is 2.00 bits per heavy atom. The van der Waals surface area contributed by atoms with E-state index in [4.69, 9.17) is 16.7 Å². The molecule has 7 heteroatoms. The number of thiophene rings is 1. The minimum atomic E-state index is -1.61. The summed E-state index contributed by atoms with van der Waals surface area (Å²) in [5, 5.41) is 20.8. The summed E-state index contributed by atoms with van der Waals surface area (Å²) in [6, 6.07) is 8.83. The Hall–Kier alpha value is -1.76. The molecule has 0 aliphatic rings. The fourth-order valence-electron chi connectivity index (χ4n) is 1.47. The number of halogens is 1. The second kappa shape index (κ2) is 6.80. The van der Waals surface area contributed by atoms with Crippen LogP contribution in [0.4, 0.5) is 0 Å². The van der Waals surface area contributed by atoms with Gasteiger partial charge in [0, 0.05) is 21.6 Å². The van der Waals surface area contributed by atoms with Gasteiger partial charge in [-0.15, -0.1) is 11.3 Å². The molecule has 0 spiro atoms. The van der Waals surface area contributed by atoms with Crippen molar-refractivity contribution in [3.05, 3.63) is 52.4 Å². The van der Waals surface area contributed by atoms with Crippen LogP contribution in [0.1, 0.15) is 5.56 Å². The van der Waals surface area contributed by atoms with Crippen LogP contribution in [-0.2, 0) is 9.59 Å². The van der Waals surface area contributed by atoms with Crippen molar-refractivity contribution in [3.8, 4) is 0 Å². The van der Waals surface area contributed by atoms with Crippen molar-refractivity contribution in [2.24, 2.45) is 0 Å². The number of hydrogen-bond donors (Lipinski definition) is 2. The highest BCUT2D eigenvalue weighted by Gasteiger charge is 2.14. The summed E-state index contributed by atoms with van der Waals surface area (Å²) in [4.78, 5) is 22.5. The third-order valence-corrected chi connectivity index (χ3v) is 4.77. The lowest BCUT2D eigenvalue weighted by molar-refractivity contribution is -0.146. The first-order valence-corrected chi connectivity index (χ1v) is 7.74. The molecular formula is C14H9ClO4S2. The van der Waals surface area contributed by atoms with E-state index in [9.17, 15) is 14.7 Å². The van der Waals surface area contributed by atoms with Crippen LogP contribution in [0, 0.1) is 0 Å².